The van der Waals surface area contributed by atoms with Gasteiger partial charge in [0.05, 0.1) is 25.7 Å². The second-order valence-corrected chi connectivity index (χ2v) is 12.3. The van der Waals surface area contributed by atoms with E-state index < -0.39 is 0 Å². The molecule has 6 heteroatoms. The van der Waals surface area contributed by atoms with Gasteiger partial charge in [0.2, 0.25) is 5.91 Å². The molecule has 198 valence electrons. The highest BCUT2D eigenvalue weighted by Gasteiger charge is 2.55. The molecule has 0 bridgehead atoms. The number of hydrogen-bond acceptors (Lipinski definition) is 5. The van der Waals surface area contributed by atoms with E-state index in [2.05, 4.69) is 30.4 Å². The first-order valence-corrected chi connectivity index (χ1v) is 14.6. The lowest BCUT2D eigenvalue weighted by molar-refractivity contribution is -0.115. The molecular formula is C32H35NO4S. The second kappa shape index (κ2) is 9.88. The van der Waals surface area contributed by atoms with Crippen molar-refractivity contribution >= 4 is 28.2 Å². The van der Waals surface area contributed by atoms with E-state index in [1.807, 2.05) is 37.3 Å². The predicted molar refractivity (Wildman–Crippen MR) is 150 cm³/mol. The predicted octanol–water partition coefficient (Wildman–Crippen LogP) is 6.68. The molecule has 1 aromatic heterocycles. The Kier molecular flexibility index (Phi) is 6.55. The summed E-state index contributed by atoms with van der Waals surface area (Å²) in [5, 5.41) is 3.74. The van der Waals surface area contributed by atoms with E-state index in [1.165, 1.54) is 16.0 Å². The molecule has 1 saturated carbocycles. The van der Waals surface area contributed by atoms with Crippen molar-refractivity contribution in [1.29, 1.82) is 0 Å². The van der Waals surface area contributed by atoms with Gasteiger partial charge in [0.25, 0.3) is 0 Å². The molecule has 0 radical (unpaired) electrons. The summed E-state index contributed by atoms with van der Waals surface area (Å²) in [6, 6.07) is 16.3. The molecule has 3 aliphatic rings. The number of carbonyl (C=O) groups is 2. The van der Waals surface area contributed by atoms with Crippen LogP contribution in [0.2, 0.25) is 0 Å². The first-order chi connectivity index (χ1) is 18.4. The van der Waals surface area contributed by atoms with E-state index in [9.17, 15) is 9.59 Å². The standard InChI is InChI=1S/C32H35NO4S/c1-4-37-31(35)28-29-26(38-30(28)33-27(34)16-19-8-6-5-7-9-19)18-25-24-12-10-20-17-21(36-3)11-13-22(20)23(24)14-15-32(25,29)2/h5-9,11,13,17,23-25H,4,10,12,14-16,18H2,1-3H3,(H,33,34)/t23-,24-,25-,32+/m0/s1. The molecule has 38 heavy (non-hydrogen) atoms. The summed E-state index contributed by atoms with van der Waals surface area (Å²) in [5.41, 5.74) is 5.50. The first-order valence-electron chi connectivity index (χ1n) is 13.8. The minimum atomic E-state index is -0.315. The zero-order valence-corrected chi connectivity index (χ0v) is 23.2. The summed E-state index contributed by atoms with van der Waals surface area (Å²) in [6.07, 6.45) is 5.60. The molecule has 4 atom stereocenters. The van der Waals surface area contributed by atoms with E-state index >= 15 is 0 Å². The number of esters is 1. The van der Waals surface area contributed by atoms with Gasteiger partial charge in [0, 0.05) is 4.88 Å². The van der Waals surface area contributed by atoms with E-state index in [4.69, 9.17) is 9.47 Å². The fourth-order valence-corrected chi connectivity index (χ4v) is 8.96. The molecule has 6 rings (SSSR count). The maximum Gasteiger partial charge on any atom is 0.341 e. The van der Waals surface area contributed by atoms with Crippen LogP contribution in [0.3, 0.4) is 0 Å². The fourth-order valence-electron chi connectivity index (χ4n) is 7.56. The van der Waals surface area contributed by atoms with Crippen LogP contribution in [0, 0.1) is 11.8 Å². The summed E-state index contributed by atoms with van der Waals surface area (Å²) >= 11 is 1.59. The van der Waals surface area contributed by atoms with Crippen molar-refractivity contribution in [3.8, 4) is 5.75 Å². The molecule has 3 aliphatic carbocycles. The fraction of sp³-hybridized carbons (Fsp3) is 0.438. The number of fused-ring (bicyclic) bond motifs is 7. The Hall–Kier alpha value is -3.12. The number of hydrogen-bond donors (Lipinski definition) is 1. The van der Waals surface area contributed by atoms with Crippen LogP contribution in [0.4, 0.5) is 5.00 Å². The first kappa shape index (κ1) is 25.2. The summed E-state index contributed by atoms with van der Waals surface area (Å²) in [6.45, 7) is 4.50. The largest absolute Gasteiger partial charge is 0.497 e. The lowest BCUT2D eigenvalue weighted by Crippen LogP contribution is -2.43. The third-order valence-electron chi connectivity index (χ3n) is 9.22. The Morgan fingerprint density at radius 2 is 1.95 bits per heavy atom. The van der Waals surface area contributed by atoms with Gasteiger partial charge in [-0.3, -0.25) is 4.79 Å². The second-order valence-electron chi connectivity index (χ2n) is 11.2. The summed E-state index contributed by atoms with van der Waals surface area (Å²) in [5.74, 6) is 2.14. The van der Waals surface area contributed by atoms with Gasteiger partial charge in [0.15, 0.2) is 0 Å². The summed E-state index contributed by atoms with van der Waals surface area (Å²) in [7, 11) is 1.73. The normalized spacial score (nSPS) is 25.0. The van der Waals surface area contributed by atoms with Gasteiger partial charge in [-0.05, 0) is 96.6 Å². The van der Waals surface area contributed by atoms with Crippen molar-refractivity contribution in [2.24, 2.45) is 11.8 Å². The molecule has 0 spiro atoms. The molecule has 1 heterocycles. The number of benzene rings is 2. The molecule has 5 nitrogen and oxygen atoms in total. The number of thiophene rings is 1. The molecule has 0 saturated heterocycles. The molecule has 0 unspecified atom stereocenters. The maximum atomic E-state index is 13.4. The topological polar surface area (TPSA) is 64.6 Å². The molecule has 1 fully saturated rings. The van der Waals surface area contributed by atoms with Gasteiger partial charge in [0.1, 0.15) is 10.8 Å². The number of carbonyl (C=O) groups excluding carboxylic acids is 2. The monoisotopic (exact) mass is 529 g/mol. The van der Waals surface area contributed by atoms with Crippen LogP contribution in [-0.4, -0.2) is 25.6 Å². The molecule has 2 aromatic carbocycles. The van der Waals surface area contributed by atoms with Gasteiger partial charge in [-0.15, -0.1) is 11.3 Å². The van der Waals surface area contributed by atoms with Gasteiger partial charge < -0.3 is 14.8 Å². The number of amides is 1. The zero-order chi connectivity index (χ0) is 26.4. The van der Waals surface area contributed by atoms with Gasteiger partial charge >= 0.3 is 5.97 Å². The van der Waals surface area contributed by atoms with Crippen molar-refractivity contribution in [3.63, 3.8) is 0 Å². The summed E-state index contributed by atoms with van der Waals surface area (Å²) < 4.78 is 11.0. The maximum absolute atomic E-state index is 13.4. The van der Waals surface area contributed by atoms with Crippen molar-refractivity contribution in [2.45, 2.75) is 63.7 Å². The highest BCUT2D eigenvalue weighted by atomic mass is 32.1. The summed E-state index contributed by atoms with van der Waals surface area (Å²) in [4.78, 5) is 27.6. The van der Waals surface area contributed by atoms with E-state index in [0.717, 1.165) is 49.0 Å². The van der Waals surface area contributed by atoms with E-state index in [0.29, 0.717) is 34.9 Å². The van der Waals surface area contributed by atoms with Crippen molar-refractivity contribution in [1.82, 2.24) is 0 Å². The van der Waals surface area contributed by atoms with E-state index in [1.54, 1.807) is 18.4 Å². The average Bonchev–Trinajstić information content (AvgIpc) is 3.42. The highest BCUT2D eigenvalue weighted by molar-refractivity contribution is 7.17. The molecule has 1 amide bonds. The lowest BCUT2D eigenvalue weighted by Gasteiger charge is -2.49. The van der Waals surface area contributed by atoms with Crippen molar-refractivity contribution in [3.05, 3.63) is 81.2 Å². The number of nitrogens with one attached hydrogen (secondary N) is 1. The van der Waals surface area contributed by atoms with Gasteiger partial charge in [-0.25, -0.2) is 4.79 Å². The van der Waals surface area contributed by atoms with E-state index in [-0.39, 0.29) is 23.7 Å². The highest BCUT2D eigenvalue weighted by Crippen LogP contribution is 2.63. The quantitative estimate of drug-likeness (QED) is 0.362. The molecule has 3 aromatic rings. The number of methoxy groups -OCH3 is 1. The third-order valence-corrected chi connectivity index (χ3v) is 10.3. The minimum absolute atomic E-state index is 0.0958. The number of rotatable bonds is 6. The molecule has 0 aliphatic heterocycles. The number of ether oxygens (including phenoxy) is 2. The van der Waals surface area contributed by atoms with Crippen LogP contribution in [0.15, 0.2) is 48.5 Å². The van der Waals surface area contributed by atoms with Crippen LogP contribution in [0.5, 0.6) is 5.75 Å². The Labute approximate surface area is 228 Å². The smallest absolute Gasteiger partial charge is 0.341 e. The Bertz CT molecular complexity index is 1380. The minimum Gasteiger partial charge on any atom is -0.497 e. The lowest BCUT2D eigenvalue weighted by atomic mass is 9.54. The van der Waals surface area contributed by atoms with Crippen LogP contribution in [-0.2, 0) is 34.2 Å². The van der Waals surface area contributed by atoms with Gasteiger partial charge in [-0.1, -0.05) is 43.3 Å². The third kappa shape index (κ3) is 4.14. The SMILES string of the molecule is CCOC(=O)c1c(NC(=O)Cc2ccccc2)sc2c1[C@]1(C)CC[C@H]3c4ccc(OC)cc4CC[C@@H]3[C@@H]1C2. The zero-order valence-electron chi connectivity index (χ0n) is 22.3. The van der Waals surface area contributed by atoms with Crippen LogP contribution >= 0.6 is 11.3 Å². The molecule has 1 N–H and O–H groups in total. The number of aryl methyl sites for hydroxylation is 1. The average molecular weight is 530 g/mol. The van der Waals surface area contributed by atoms with Crippen LogP contribution < -0.4 is 10.1 Å². The van der Waals surface area contributed by atoms with Crippen LogP contribution in [0.25, 0.3) is 0 Å². The van der Waals surface area contributed by atoms with Crippen LogP contribution in [0.1, 0.15) is 76.5 Å². The Balaban J connectivity index is 1.31. The van der Waals surface area contributed by atoms with Gasteiger partial charge in [-0.2, -0.15) is 0 Å². The van der Waals surface area contributed by atoms with Crippen molar-refractivity contribution < 1.29 is 19.1 Å². The van der Waals surface area contributed by atoms with Crippen molar-refractivity contribution in [2.75, 3.05) is 19.0 Å². The number of anilines is 1. The Morgan fingerprint density at radius 1 is 1.13 bits per heavy atom. The Morgan fingerprint density at radius 3 is 2.71 bits per heavy atom. The molecular weight excluding hydrogens is 494 g/mol.